The summed E-state index contributed by atoms with van der Waals surface area (Å²) < 4.78 is 0.969. The molecule has 4 heteroatoms. The van der Waals surface area contributed by atoms with Crippen LogP contribution in [0.15, 0.2) is 40.9 Å². The summed E-state index contributed by atoms with van der Waals surface area (Å²) in [5.74, 6) is -0.199. The normalized spacial score (nSPS) is 25.0. The largest absolute Gasteiger partial charge is 0.274 e. The average Bonchev–Trinajstić information content (AvgIpc) is 3.17. The molecular weight excluding hydrogens is 306 g/mol. The third kappa shape index (κ3) is 1.43. The molecule has 2 aromatic rings. The average molecular weight is 316 g/mol. The van der Waals surface area contributed by atoms with Crippen molar-refractivity contribution in [1.82, 2.24) is 0 Å². The Labute approximate surface area is 118 Å². The number of halogens is 1. The smallest absolute Gasteiger partial charge is 0.237 e. The maximum atomic E-state index is 12.2. The van der Waals surface area contributed by atoms with Gasteiger partial charge in [0.05, 0.1) is 17.5 Å². The van der Waals surface area contributed by atoms with E-state index < -0.39 is 0 Å². The molecule has 19 heavy (non-hydrogen) atoms. The van der Waals surface area contributed by atoms with Gasteiger partial charge in [0, 0.05) is 9.86 Å². The van der Waals surface area contributed by atoms with Crippen molar-refractivity contribution in [2.24, 2.45) is 11.8 Å². The molecular formula is C15H10BrNO2. The second-order valence-electron chi connectivity index (χ2n) is 5.07. The van der Waals surface area contributed by atoms with Crippen LogP contribution < -0.4 is 4.90 Å². The molecule has 1 heterocycles. The van der Waals surface area contributed by atoms with E-state index in [-0.39, 0.29) is 23.7 Å². The summed E-state index contributed by atoms with van der Waals surface area (Å²) in [6.45, 7) is 0. The van der Waals surface area contributed by atoms with Gasteiger partial charge >= 0.3 is 0 Å². The van der Waals surface area contributed by atoms with Crippen molar-refractivity contribution in [3.63, 3.8) is 0 Å². The minimum Gasteiger partial charge on any atom is -0.274 e. The molecule has 0 bridgehead atoms. The van der Waals surface area contributed by atoms with E-state index >= 15 is 0 Å². The quantitative estimate of drug-likeness (QED) is 0.758. The zero-order valence-electron chi connectivity index (χ0n) is 9.97. The molecule has 1 aliphatic carbocycles. The van der Waals surface area contributed by atoms with Gasteiger partial charge < -0.3 is 0 Å². The first-order valence-electron chi connectivity index (χ1n) is 6.23. The maximum absolute atomic E-state index is 12.2. The van der Waals surface area contributed by atoms with Gasteiger partial charge in [0.2, 0.25) is 11.8 Å². The van der Waals surface area contributed by atoms with Crippen molar-refractivity contribution in [3.05, 3.63) is 40.9 Å². The Balaban J connectivity index is 1.95. The van der Waals surface area contributed by atoms with Gasteiger partial charge in [-0.25, -0.2) is 4.90 Å². The van der Waals surface area contributed by atoms with Crippen LogP contribution >= 0.6 is 15.9 Å². The summed E-state index contributed by atoms with van der Waals surface area (Å²) in [6.07, 6.45) is 0.739. The lowest BCUT2D eigenvalue weighted by atomic mass is 10.1. The summed E-state index contributed by atoms with van der Waals surface area (Å²) in [5, 5.41) is 1.95. The predicted molar refractivity (Wildman–Crippen MR) is 75.7 cm³/mol. The Hall–Kier alpha value is -1.68. The van der Waals surface area contributed by atoms with E-state index in [4.69, 9.17) is 0 Å². The van der Waals surface area contributed by atoms with Gasteiger partial charge in [0.1, 0.15) is 0 Å². The van der Waals surface area contributed by atoms with E-state index in [1.165, 1.54) is 4.90 Å². The van der Waals surface area contributed by atoms with Gasteiger partial charge in [-0.15, -0.1) is 0 Å². The highest BCUT2D eigenvalue weighted by Gasteiger charge is 2.59. The lowest BCUT2D eigenvalue weighted by Gasteiger charge is -2.19. The van der Waals surface area contributed by atoms with Crippen LogP contribution in [-0.2, 0) is 9.59 Å². The number of piperidine rings is 1. The third-order valence-electron chi connectivity index (χ3n) is 3.95. The predicted octanol–water partition coefficient (Wildman–Crippen LogP) is 3.11. The molecule has 1 aliphatic heterocycles. The number of fused-ring (bicyclic) bond motifs is 2. The molecule has 0 N–H and O–H groups in total. The number of imide groups is 1. The van der Waals surface area contributed by atoms with E-state index in [9.17, 15) is 9.59 Å². The van der Waals surface area contributed by atoms with Crippen LogP contribution in [0.5, 0.6) is 0 Å². The Kier molecular flexibility index (Phi) is 2.16. The van der Waals surface area contributed by atoms with Gasteiger partial charge in [0.15, 0.2) is 0 Å². The topological polar surface area (TPSA) is 37.4 Å². The molecule has 3 nitrogen and oxygen atoms in total. The van der Waals surface area contributed by atoms with Crippen molar-refractivity contribution in [2.75, 3.05) is 4.90 Å². The molecule has 94 valence electrons. The Bertz CT molecular complexity index is 720. The molecule has 2 atom stereocenters. The molecule has 2 fully saturated rings. The zero-order chi connectivity index (χ0) is 13.1. The number of rotatable bonds is 1. The fraction of sp³-hybridized carbons (Fsp3) is 0.200. The van der Waals surface area contributed by atoms with E-state index in [2.05, 4.69) is 15.9 Å². The van der Waals surface area contributed by atoms with Gasteiger partial charge in [-0.3, -0.25) is 9.59 Å². The highest BCUT2D eigenvalue weighted by Crippen LogP contribution is 2.49. The molecule has 1 saturated carbocycles. The summed E-state index contributed by atoms with van der Waals surface area (Å²) in [5.41, 5.74) is 0.709. The van der Waals surface area contributed by atoms with Crippen LogP contribution in [0.2, 0.25) is 0 Å². The van der Waals surface area contributed by atoms with Crippen molar-refractivity contribution < 1.29 is 9.59 Å². The van der Waals surface area contributed by atoms with E-state index in [0.717, 1.165) is 21.7 Å². The Morgan fingerprint density at radius 2 is 1.58 bits per heavy atom. The summed E-state index contributed by atoms with van der Waals surface area (Å²) in [4.78, 5) is 25.7. The first-order chi connectivity index (χ1) is 9.18. The molecule has 2 aliphatic rings. The number of hydrogen-bond donors (Lipinski definition) is 0. The zero-order valence-corrected chi connectivity index (χ0v) is 11.6. The monoisotopic (exact) mass is 315 g/mol. The standard InChI is InChI=1S/C15H10BrNO2/c16-12-5-6-13(9-4-2-1-3-8(9)12)17-14(18)10-7-11(10)15(17)19/h1-6,10-11H,7H2. The summed E-state index contributed by atoms with van der Waals surface area (Å²) in [7, 11) is 0. The number of hydrogen-bond acceptors (Lipinski definition) is 2. The van der Waals surface area contributed by atoms with Crippen LogP contribution in [0, 0.1) is 11.8 Å². The minimum atomic E-state index is -0.0603. The van der Waals surface area contributed by atoms with Crippen molar-refractivity contribution in [1.29, 1.82) is 0 Å². The van der Waals surface area contributed by atoms with Crippen LogP contribution in [0.1, 0.15) is 6.42 Å². The molecule has 2 aromatic carbocycles. The highest BCUT2D eigenvalue weighted by atomic mass is 79.9. The van der Waals surface area contributed by atoms with E-state index in [1.54, 1.807) is 0 Å². The van der Waals surface area contributed by atoms with Gasteiger partial charge in [0.25, 0.3) is 0 Å². The molecule has 2 amide bonds. The molecule has 0 radical (unpaired) electrons. The second-order valence-corrected chi connectivity index (χ2v) is 5.93. The van der Waals surface area contributed by atoms with Gasteiger partial charge in [-0.05, 0) is 23.9 Å². The number of carbonyl (C=O) groups is 2. The second kappa shape index (κ2) is 3.67. The SMILES string of the molecule is O=C1C2CC2C(=O)N1c1ccc(Br)c2ccccc12. The van der Waals surface area contributed by atoms with Crippen LogP contribution in [0.3, 0.4) is 0 Å². The Morgan fingerprint density at radius 3 is 2.26 bits per heavy atom. The van der Waals surface area contributed by atoms with E-state index in [1.807, 2.05) is 36.4 Å². The van der Waals surface area contributed by atoms with Crippen LogP contribution in [-0.4, -0.2) is 11.8 Å². The van der Waals surface area contributed by atoms with Crippen LogP contribution in [0.4, 0.5) is 5.69 Å². The molecule has 1 saturated heterocycles. The first kappa shape index (κ1) is 11.2. The third-order valence-corrected chi connectivity index (χ3v) is 4.65. The number of benzene rings is 2. The molecule has 0 aromatic heterocycles. The van der Waals surface area contributed by atoms with Gasteiger partial charge in [-0.2, -0.15) is 0 Å². The van der Waals surface area contributed by atoms with Crippen molar-refractivity contribution in [3.8, 4) is 0 Å². The number of anilines is 1. The lowest BCUT2D eigenvalue weighted by Crippen LogP contribution is -2.32. The van der Waals surface area contributed by atoms with Gasteiger partial charge in [-0.1, -0.05) is 40.2 Å². The Morgan fingerprint density at radius 1 is 0.947 bits per heavy atom. The molecule has 2 unspecified atom stereocenters. The van der Waals surface area contributed by atoms with E-state index in [0.29, 0.717) is 5.69 Å². The fourth-order valence-corrected chi connectivity index (χ4v) is 3.34. The fourth-order valence-electron chi connectivity index (χ4n) is 2.86. The molecule has 0 spiro atoms. The number of amides is 2. The first-order valence-corrected chi connectivity index (χ1v) is 7.03. The summed E-state index contributed by atoms with van der Waals surface area (Å²) in [6, 6.07) is 11.5. The molecule has 4 rings (SSSR count). The summed E-state index contributed by atoms with van der Waals surface area (Å²) >= 11 is 3.50. The van der Waals surface area contributed by atoms with Crippen molar-refractivity contribution >= 4 is 44.2 Å². The number of carbonyl (C=O) groups excluding carboxylic acids is 2. The lowest BCUT2D eigenvalue weighted by molar-refractivity contribution is -0.123. The maximum Gasteiger partial charge on any atom is 0.237 e. The highest BCUT2D eigenvalue weighted by molar-refractivity contribution is 9.10. The minimum absolute atomic E-state index is 0.0394. The number of nitrogens with zero attached hydrogens (tertiary/aromatic N) is 1. The van der Waals surface area contributed by atoms with Crippen LogP contribution in [0.25, 0.3) is 10.8 Å². The van der Waals surface area contributed by atoms with Crippen molar-refractivity contribution in [2.45, 2.75) is 6.42 Å².